The van der Waals surface area contributed by atoms with Gasteiger partial charge < -0.3 is 4.74 Å². The van der Waals surface area contributed by atoms with E-state index in [-0.39, 0.29) is 0 Å². The van der Waals surface area contributed by atoms with Gasteiger partial charge in [0.05, 0.1) is 10.9 Å². The topological polar surface area (TPSA) is 35.0 Å². The lowest BCUT2D eigenvalue weighted by Gasteiger charge is -2.08. The first-order valence-corrected chi connectivity index (χ1v) is 6.71. The summed E-state index contributed by atoms with van der Waals surface area (Å²) in [7, 11) is 0. The van der Waals surface area contributed by atoms with Gasteiger partial charge >= 0.3 is 0 Å². The van der Waals surface area contributed by atoms with E-state index >= 15 is 0 Å². The lowest BCUT2D eigenvalue weighted by atomic mass is 10.2. The first-order valence-electron chi connectivity index (χ1n) is 5.92. The average molecular weight is 315 g/mol. The number of halogens is 1. The van der Waals surface area contributed by atoms with Crippen molar-refractivity contribution < 1.29 is 4.74 Å². The summed E-state index contributed by atoms with van der Waals surface area (Å²) in [5, 5.41) is 0.918. The molecular weight excluding hydrogens is 304 g/mol. The number of hydrogen-bond donors (Lipinski definition) is 0. The predicted molar refractivity (Wildman–Crippen MR) is 78.0 cm³/mol. The van der Waals surface area contributed by atoms with Crippen molar-refractivity contribution in [3.8, 4) is 5.88 Å². The van der Waals surface area contributed by atoms with Crippen molar-refractivity contribution >= 4 is 26.8 Å². The van der Waals surface area contributed by atoms with E-state index in [1.807, 2.05) is 54.6 Å². The minimum atomic E-state index is 0.494. The van der Waals surface area contributed by atoms with E-state index in [0.29, 0.717) is 17.2 Å². The van der Waals surface area contributed by atoms with Gasteiger partial charge in [-0.25, -0.2) is 4.98 Å². The smallest absolute Gasteiger partial charge is 0.225 e. The largest absolute Gasteiger partial charge is 0.472 e. The average Bonchev–Trinajstić information content (AvgIpc) is 2.45. The maximum absolute atomic E-state index is 5.81. The van der Waals surface area contributed by atoms with Gasteiger partial charge in [-0.2, -0.15) is 4.98 Å². The number of aromatic nitrogens is 2. The molecule has 2 aromatic carbocycles. The molecule has 94 valence electrons. The molecule has 1 aromatic heterocycles. The summed E-state index contributed by atoms with van der Waals surface area (Å²) in [5.41, 5.74) is 1.98. The van der Waals surface area contributed by atoms with Crippen molar-refractivity contribution in [2.75, 3.05) is 0 Å². The minimum absolute atomic E-state index is 0.494. The molecule has 0 amide bonds. The summed E-state index contributed by atoms with van der Waals surface area (Å²) in [6.07, 6.45) is 0. The summed E-state index contributed by atoms with van der Waals surface area (Å²) in [6.45, 7) is 0.494. The number of para-hydroxylation sites is 1. The van der Waals surface area contributed by atoms with E-state index in [1.165, 1.54) is 0 Å². The summed E-state index contributed by atoms with van der Waals surface area (Å²) in [6, 6.07) is 17.8. The highest BCUT2D eigenvalue weighted by Gasteiger charge is 2.07. The second-order valence-electron chi connectivity index (χ2n) is 4.09. The monoisotopic (exact) mass is 314 g/mol. The number of nitrogens with zero attached hydrogens (tertiary/aromatic N) is 2. The quantitative estimate of drug-likeness (QED) is 0.686. The SMILES string of the molecule is Brc1nc(OCc2ccccc2)c2ccccc2n1. The van der Waals surface area contributed by atoms with Crippen LogP contribution < -0.4 is 4.74 Å². The van der Waals surface area contributed by atoms with Gasteiger partial charge in [0.1, 0.15) is 6.61 Å². The molecule has 3 aromatic rings. The van der Waals surface area contributed by atoms with E-state index in [0.717, 1.165) is 16.5 Å². The number of benzene rings is 2. The third kappa shape index (κ3) is 2.74. The normalized spacial score (nSPS) is 10.6. The van der Waals surface area contributed by atoms with Crippen LogP contribution in [-0.4, -0.2) is 9.97 Å². The van der Waals surface area contributed by atoms with Crippen LogP contribution in [0.4, 0.5) is 0 Å². The highest BCUT2D eigenvalue weighted by molar-refractivity contribution is 9.10. The van der Waals surface area contributed by atoms with Gasteiger partial charge in [0.2, 0.25) is 10.6 Å². The molecule has 0 atom stereocenters. The van der Waals surface area contributed by atoms with Crippen molar-refractivity contribution in [1.29, 1.82) is 0 Å². The molecular formula is C15H11BrN2O. The minimum Gasteiger partial charge on any atom is -0.472 e. The van der Waals surface area contributed by atoms with Gasteiger partial charge in [0.25, 0.3) is 0 Å². The van der Waals surface area contributed by atoms with Crippen LogP contribution in [0.2, 0.25) is 0 Å². The lowest BCUT2D eigenvalue weighted by molar-refractivity contribution is 0.297. The first kappa shape index (κ1) is 12.1. The summed E-state index contributed by atoms with van der Waals surface area (Å²) in [5.74, 6) is 0.598. The molecule has 0 fully saturated rings. The van der Waals surface area contributed by atoms with Crippen molar-refractivity contribution in [2.24, 2.45) is 0 Å². The highest BCUT2D eigenvalue weighted by atomic mass is 79.9. The Morgan fingerprint density at radius 3 is 2.47 bits per heavy atom. The number of fused-ring (bicyclic) bond motifs is 1. The molecule has 0 aliphatic carbocycles. The molecule has 19 heavy (non-hydrogen) atoms. The third-order valence-corrected chi connectivity index (χ3v) is 3.11. The molecule has 0 radical (unpaired) electrons. The molecule has 0 bridgehead atoms. The van der Waals surface area contributed by atoms with Crippen molar-refractivity contribution in [3.63, 3.8) is 0 Å². The number of hydrogen-bond acceptors (Lipinski definition) is 3. The Labute approximate surface area is 119 Å². The molecule has 0 unspecified atom stereocenters. The molecule has 3 rings (SSSR count). The second-order valence-corrected chi connectivity index (χ2v) is 4.80. The van der Waals surface area contributed by atoms with E-state index in [1.54, 1.807) is 0 Å². The van der Waals surface area contributed by atoms with E-state index in [4.69, 9.17) is 4.74 Å². The highest BCUT2D eigenvalue weighted by Crippen LogP contribution is 2.24. The summed E-state index contributed by atoms with van der Waals surface area (Å²) >= 11 is 3.31. The zero-order valence-electron chi connectivity index (χ0n) is 10.1. The Morgan fingerprint density at radius 2 is 1.63 bits per heavy atom. The Balaban J connectivity index is 1.92. The number of ether oxygens (including phenoxy) is 1. The molecule has 0 spiro atoms. The van der Waals surface area contributed by atoms with Gasteiger partial charge in [0, 0.05) is 0 Å². The van der Waals surface area contributed by atoms with Gasteiger partial charge in [-0.3, -0.25) is 0 Å². The molecule has 0 aliphatic heterocycles. The van der Waals surface area contributed by atoms with E-state index in [2.05, 4.69) is 25.9 Å². The Morgan fingerprint density at radius 1 is 0.895 bits per heavy atom. The van der Waals surface area contributed by atoms with Crippen LogP contribution >= 0.6 is 15.9 Å². The molecule has 0 saturated carbocycles. The standard InChI is InChI=1S/C15H11BrN2O/c16-15-17-13-9-5-4-8-12(13)14(18-15)19-10-11-6-2-1-3-7-11/h1-9H,10H2. The Kier molecular flexibility index (Phi) is 3.42. The summed E-state index contributed by atoms with van der Waals surface area (Å²) < 4.78 is 6.34. The summed E-state index contributed by atoms with van der Waals surface area (Å²) in [4.78, 5) is 8.62. The van der Waals surface area contributed by atoms with Gasteiger partial charge in [0.15, 0.2) is 0 Å². The fraction of sp³-hybridized carbons (Fsp3) is 0.0667. The van der Waals surface area contributed by atoms with Crippen LogP contribution in [0, 0.1) is 0 Å². The van der Waals surface area contributed by atoms with Crippen LogP contribution in [-0.2, 0) is 6.61 Å². The second kappa shape index (κ2) is 5.36. The van der Waals surface area contributed by atoms with E-state index < -0.39 is 0 Å². The molecule has 0 N–H and O–H groups in total. The Hall–Kier alpha value is -1.94. The van der Waals surface area contributed by atoms with Crippen LogP contribution in [0.15, 0.2) is 59.3 Å². The van der Waals surface area contributed by atoms with Crippen LogP contribution in [0.25, 0.3) is 10.9 Å². The fourth-order valence-corrected chi connectivity index (χ4v) is 2.21. The fourth-order valence-electron chi connectivity index (χ4n) is 1.86. The maximum atomic E-state index is 5.81. The van der Waals surface area contributed by atoms with Crippen molar-refractivity contribution in [2.45, 2.75) is 6.61 Å². The van der Waals surface area contributed by atoms with Crippen LogP contribution in [0.1, 0.15) is 5.56 Å². The van der Waals surface area contributed by atoms with Crippen molar-refractivity contribution in [3.05, 3.63) is 64.9 Å². The van der Waals surface area contributed by atoms with Crippen LogP contribution in [0.3, 0.4) is 0 Å². The Bertz CT molecular complexity index is 701. The zero-order chi connectivity index (χ0) is 13.1. The molecule has 0 aliphatic rings. The number of rotatable bonds is 3. The maximum Gasteiger partial charge on any atom is 0.225 e. The van der Waals surface area contributed by atoms with Crippen molar-refractivity contribution in [1.82, 2.24) is 9.97 Å². The van der Waals surface area contributed by atoms with Crippen LogP contribution in [0.5, 0.6) is 5.88 Å². The van der Waals surface area contributed by atoms with Gasteiger partial charge in [-0.1, -0.05) is 42.5 Å². The molecule has 0 saturated heterocycles. The molecule has 3 nitrogen and oxygen atoms in total. The molecule has 1 heterocycles. The predicted octanol–water partition coefficient (Wildman–Crippen LogP) is 3.97. The lowest BCUT2D eigenvalue weighted by Crippen LogP contribution is -1.99. The molecule has 4 heteroatoms. The van der Waals surface area contributed by atoms with Gasteiger partial charge in [-0.05, 0) is 33.6 Å². The third-order valence-electron chi connectivity index (χ3n) is 2.76. The zero-order valence-corrected chi connectivity index (χ0v) is 11.7. The van der Waals surface area contributed by atoms with Gasteiger partial charge in [-0.15, -0.1) is 0 Å². The first-order chi connectivity index (χ1) is 9.33. The van der Waals surface area contributed by atoms with E-state index in [9.17, 15) is 0 Å².